The van der Waals surface area contributed by atoms with E-state index in [1.165, 1.54) is 33.2 Å². The molecule has 1 aromatic heterocycles. The Bertz CT molecular complexity index is 1030. The molecule has 4 rings (SSSR count). The number of fused-ring (bicyclic) bond motifs is 1. The minimum Gasteiger partial charge on any atom is -0.489 e. The third-order valence-corrected chi connectivity index (χ3v) is 5.15. The van der Waals surface area contributed by atoms with Gasteiger partial charge in [0, 0.05) is 23.6 Å². The summed E-state index contributed by atoms with van der Waals surface area (Å²) in [6.07, 6.45) is 3.13. The largest absolute Gasteiger partial charge is 0.489 e. The summed E-state index contributed by atoms with van der Waals surface area (Å²) in [5.41, 5.74) is 6.33. The first-order valence-electron chi connectivity index (χ1n) is 9.81. The van der Waals surface area contributed by atoms with Gasteiger partial charge in [0.2, 0.25) is 0 Å². The van der Waals surface area contributed by atoms with Crippen LogP contribution in [0.5, 0.6) is 5.75 Å². The lowest BCUT2D eigenvalue weighted by Gasteiger charge is -2.10. The van der Waals surface area contributed by atoms with Crippen molar-refractivity contribution < 1.29 is 4.74 Å². The zero-order chi connectivity index (χ0) is 19.2. The second-order valence-electron chi connectivity index (χ2n) is 7.15. The molecule has 4 aromatic rings. The third kappa shape index (κ3) is 4.44. The summed E-state index contributed by atoms with van der Waals surface area (Å²) in [6, 6.07) is 25.2. The van der Waals surface area contributed by atoms with Crippen LogP contribution in [0.4, 0.5) is 0 Å². The normalized spacial score (nSPS) is 11.0. The summed E-state index contributed by atoms with van der Waals surface area (Å²) in [5.74, 6) is 0.908. The fourth-order valence-electron chi connectivity index (χ4n) is 3.43. The second kappa shape index (κ2) is 8.77. The molecule has 0 radical (unpaired) electrons. The number of hydrogen-bond donors (Lipinski definition) is 2. The van der Waals surface area contributed by atoms with Gasteiger partial charge >= 0.3 is 0 Å². The maximum absolute atomic E-state index is 5.92. The Balaban J connectivity index is 1.24. The predicted molar refractivity (Wildman–Crippen MR) is 116 cm³/mol. The molecule has 0 saturated carbocycles. The average molecular weight is 370 g/mol. The van der Waals surface area contributed by atoms with Crippen LogP contribution in [-0.2, 0) is 19.6 Å². The van der Waals surface area contributed by atoms with Gasteiger partial charge in [-0.25, -0.2) is 0 Å². The number of ether oxygens (including phenoxy) is 1. The minimum atomic E-state index is 0.606. The zero-order valence-corrected chi connectivity index (χ0v) is 16.2. The van der Waals surface area contributed by atoms with Gasteiger partial charge in [-0.3, -0.25) is 0 Å². The number of rotatable bonds is 8. The van der Waals surface area contributed by atoms with Gasteiger partial charge < -0.3 is 15.0 Å². The highest BCUT2D eigenvalue weighted by Crippen LogP contribution is 2.18. The first kappa shape index (κ1) is 18.3. The summed E-state index contributed by atoms with van der Waals surface area (Å²) < 4.78 is 5.92. The molecule has 1 heterocycles. The topological polar surface area (TPSA) is 37.0 Å². The fourth-order valence-corrected chi connectivity index (χ4v) is 3.43. The molecule has 3 nitrogen and oxygen atoms in total. The molecule has 0 unspecified atom stereocenters. The number of hydrogen-bond acceptors (Lipinski definition) is 2. The summed E-state index contributed by atoms with van der Waals surface area (Å²) >= 11 is 0. The Morgan fingerprint density at radius 3 is 2.50 bits per heavy atom. The van der Waals surface area contributed by atoms with Crippen LogP contribution in [0.2, 0.25) is 0 Å². The number of aromatic amines is 1. The van der Waals surface area contributed by atoms with E-state index < -0.39 is 0 Å². The van der Waals surface area contributed by atoms with Gasteiger partial charge in [-0.2, -0.15) is 0 Å². The molecular formula is C25H26N2O. The van der Waals surface area contributed by atoms with Gasteiger partial charge in [0.1, 0.15) is 12.4 Å². The third-order valence-electron chi connectivity index (χ3n) is 5.15. The number of benzene rings is 3. The quantitative estimate of drug-likeness (QED) is 0.408. The highest BCUT2D eigenvalue weighted by Gasteiger charge is 2.03. The molecule has 0 aliphatic carbocycles. The van der Waals surface area contributed by atoms with Crippen molar-refractivity contribution in [3.05, 3.63) is 101 Å². The molecule has 0 aliphatic heterocycles. The van der Waals surface area contributed by atoms with E-state index >= 15 is 0 Å². The van der Waals surface area contributed by atoms with Crippen LogP contribution in [-0.4, -0.2) is 11.5 Å². The van der Waals surface area contributed by atoms with Gasteiger partial charge in [-0.05, 0) is 60.3 Å². The molecule has 0 atom stereocenters. The molecule has 0 fully saturated rings. The Kier molecular flexibility index (Phi) is 5.74. The van der Waals surface area contributed by atoms with Crippen molar-refractivity contribution in [3.8, 4) is 5.75 Å². The van der Waals surface area contributed by atoms with Gasteiger partial charge in [-0.15, -0.1) is 0 Å². The van der Waals surface area contributed by atoms with E-state index in [0.29, 0.717) is 6.61 Å². The van der Waals surface area contributed by atoms with Crippen molar-refractivity contribution >= 4 is 10.9 Å². The van der Waals surface area contributed by atoms with Crippen molar-refractivity contribution in [2.24, 2.45) is 0 Å². The van der Waals surface area contributed by atoms with Crippen molar-refractivity contribution in [2.75, 3.05) is 6.54 Å². The van der Waals surface area contributed by atoms with Gasteiger partial charge in [0.05, 0.1) is 0 Å². The van der Waals surface area contributed by atoms with E-state index in [1.54, 1.807) is 0 Å². The minimum absolute atomic E-state index is 0.606. The number of aryl methyl sites for hydroxylation is 1. The number of H-pyrrole nitrogens is 1. The van der Waals surface area contributed by atoms with Crippen molar-refractivity contribution in [2.45, 2.75) is 26.5 Å². The van der Waals surface area contributed by atoms with Crippen LogP contribution in [0.3, 0.4) is 0 Å². The number of para-hydroxylation sites is 1. The van der Waals surface area contributed by atoms with Crippen LogP contribution in [0.15, 0.2) is 79.0 Å². The molecule has 142 valence electrons. The Morgan fingerprint density at radius 2 is 1.64 bits per heavy atom. The second-order valence-corrected chi connectivity index (χ2v) is 7.15. The molecule has 0 saturated heterocycles. The number of aromatic nitrogens is 1. The van der Waals surface area contributed by atoms with Crippen molar-refractivity contribution in [3.63, 3.8) is 0 Å². The maximum atomic E-state index is 5.92. The van der Waals surface area contributed by atoms with Gasteiger partial charge in [0.25, 0.3) is 0 Å². The molecule has 0 bridgehead atoms. The highest BCUT2D eigenvalue weighted by atomic mass is 16.5. The maximum Gasteiger partial charge on any atom is 0.119 e. The van der Waals surface area contributed by atoms with E-state index in [4.69, 9.17) is 4.74 Å². The lowest BCUT2D eigenvalue weighted by Crippen LogP contribution is -2.16. The molecule has 0 amide bonds. The summed E-state index contributed by atoms with van der Waals surface area (Å²) in [7, 11) is 0. The summed E-state index contributed by atoms with van der Waals surface area (Å²) in [4.78, 5) is 3.34. The highest BCUT2D eigenvalue weighted by molar-refractivity contribution is 5.83. The van der Waals surface area contributed by atoms with Gasteiger partial charge in [-0.1, -0.05) is 54.6 Å². The van der Waals surface area contributed by atoms with E-state index in [1.807, 2.05) is 0 Å². The lowest BCUT2D eigenvalue weighted by molar-refractivity contribution is 0.305. The first-order chi connectivity index (χ1) is 13.8. The predicted octanol–water partition coefficient (Wildman–Crippen LogP) is 5.39. The number of nitrogens with one attached hydrogen (secondary N) is 2. The van der Waals surface area contributed by atoms with Crippen LogP contribution < -0.4 is 10.1 Å². The van der Waals surface area contributed by atoms with Crippen molar-refractivity contribution in [1.82, 2.24) is 10.3 Å². The SMILES string of the molecule is Cc1ccccc1COc1ccc(CNCCc2c[nH]c3ccccc23)cc1. The van der Waals surface area contributed by atoms with E-state index in [0.717, 1.165) is 25.3 Å². The van der Waals surface area contributed by atoms with Crippen molar-refractivity contribution in [1.29, 1.82) is 0 Å². The van der Waals surface area contributed by atoms with Crippen LogP contribution >= 0.6 is 0 Å². The smallest absolute Gasteiger partial charge is 0.119 e. The zero-order valence-electron chi connectivity index (χ0n) is 16.2. The average Bonchev–Trinajstić information content (AvgIpc) is 3.15. The van der Waals surface area contributed by atoms with Crippen LogP contribution in [0.25, 0.3) is 10.9 Å². The molecule has 3 aromatic carbocycles. The Morgan fingerprint density at radius 1 is 0.857 bits per heavy atom. The Hall–Kier alpha value is -3.04. The molecule has 2 N–H and O–H groups in total. The molecule has 28 heavy (non-hydrogen) atoms. The monoisotopic (exact) mass is 370 g/mol. The summed E-state index contributed by atoms with van der Waals surface area (Å²) in [5, 5.41) is 4.85. The summed E-state index contributed by atoms with van der Waals surface area (Å²) in [6.45, 7) is 4.53. The Labute approximate surface area is 166 Å². The molecule has 3 heteroatoms. The van der Waals surface area contributed by atoms with E-state index in [2.05, 4.69) is 96.2 Å². The standard InChI is InChI=1S/C25H26N2O/c1-19-6-2-3-7-22(19)18-28-23-12-10-20(11-13-23)16-26-15-14-21-17-27-25-9-5-4-8-24(21)25/h2-13,17,26-27H,14-16,18H2,1H3. The van der Waals surface area contributed by atoms with E-state index in [9.17, 15) is 0 Å². The molecule has 0 aliphatic rings. The van der Waals surface area contributed by atoms with Crippen LogP contribution in [0, 0.1) is 6.92 Å². The van der Waals surface area contributed by atoms with Crippen LogP contribution in [0.1, 0.15) is 22.3 Å². The lowest BCUT2D eigenvalue weighted by atomic mass is 10.1. The fraction of sp³-hybridized carbons (Fsp3) is 0.200. The van der Waals surface area contributed by atoms with E-state index in [-0.39, 0.29) is 0 Å². The van der Waals surface area contributed by atoms with Gasteiger partial charge in [0.15, 0.2) is 0 Å². The first-order valence-corrected chi connectivity index (χ1v) is 9.81. The molecular weight excluding hydrogens is 344 g/mol. The molecule has 0 spiro atoms.